The van der Waals surface area contributed by atoms with Crippen molar-refractivity contribution in [2.75, 3.05) is 7.11 Å². The van der Waals surface area contributed by atoms with Crippen molar-refractivity contribution in [1.29, 1.82) is 0 Å². The average molecular weight is 324 g/mol. The molecule has 0 atom stereocenters. The summed E-state index contributed by atoms with van der Waals surface area (Å²) in [5, 5.41) is 9.31. The molecule has 0 radical (unpaired) electrons. The average Bonchev–Trinajstić information content (AvgIpc) is 2.57. The van der Waals surface area contributed by atoms with Gasteiger partial charge in [-0.15, -0.1) is 0 Å². The summed E-state index contributed by atoms with van der Waals surface area (Å²) in [7, 11) is 1.41. The number of carboxylic acids is 1. The van der Waals surface area contributed by atoms with Gasteiger partial charge in [0.05, 0.1) is 13.4 Å². The number of hydrogen-bond donors (Lipinski definition) is 1. The highest BCUT2D eigenvalue weighted by Gasteiger charge is 2.13. The van der Waals surface area contributed by atoms with Crippen LogP contribution >= 0.6 is 0 Å². The molecule has 2 rings (SSSR count). The van der Waals surface area contributed by atoms with Crippen LogP contribution in [0.3, 0.4) is 0 Å². The largest absolute Gasteiger partial charge is 0.503 e. The van der Waals surface area contributed by atoms with Crippen LogP contribution in [-0.4, -0.2) is 18.2 Å². The number of hydrogen-bond acceptors (Lipinski definition) is 2. The molecule has 2 aromatic carbocycles. The molecule has 0 spiro atoms. The molecule has 0 fully saturated rings. The molecular formula is C20H17FO3. The first-order valence-electron chi connectivity index (χ1n) is 7.28. The van der Waals surface area contributed by atoms with Crippen LogP contribution in [0, 0.1) is 5.82 Å². The summed E-state index contributed by atoms with van der Waals surface area (Å²) in [4.78, 5) is 11.4. The van der Waals surface area contributed by atoms with E-state index in [4.69, 9.17) is 4.74 Å². The third kappa shape index (κ3) is 4.68. The first kappa shape index (κ1) is 17.2. The van der Waals surface area contributed by atoms with Gasteiger partial charge in [0.2, 0.25) is 0 Å². The van der Waals surface area contributed by atoms with Gasteiger partial charge in [0.15, 0.2) is 0 Å². The van der Waals surface area contributed by atoms with E-state index in [-0.39, 0.29) is 11.4 Å². The molecule has 2 aromatic rings. The van der Waals surface area contributed by atoms with Gasteiger partial charge in [0.1, 0.15) is 11.4 Å². The number of allylic oxidation sites excluding steroid dienone is 2. The lowest BCUT2D eigenvalue weighted by atomic mass is 10.00. The summed E-state index contributed by atoms with van der Waals surface area (Å²) in [6.07, 6.45) is 8.31. The molecule has 0 aliphatic rings. The van der Waals surface area contributed by atoms with Gasteiger partial charge < -0.3 is 9.84 Å². The molecule has 0 bridgehead atoms. The summed E-state index contributed by atoms with van der Waals surface area (Å²) >= 11 is 0. The van der Waals surface area contributed by atoms with Gasteiger partial charge in [-0.05, 0) is 28.8 Å². The Morgan fingerprint density at radius 1 is 1.08 bits per heavy atom. The third-order valence-corrected chi connectivity index (χ3v) is 3.24. The van der Waals surface area contributed by atoms with Crippen LogP contribution in [-0.2, 0) is 9.53 Å². The van der Waals surface area contributed by atoms with Crippen molar-refractivity contribution >= 4 is 23.7 Å². The Morgan fingerprint density at radius 3 is 2.54 bits per heavy atom. The monoisotopic (exact) mass is 324 g/mol. The molecule has 0 aliphatic heterocycles. The van der Waals surface area contributed by atoms with Crippen molar-refractivity contribution in [2.24, 2.45) is 0 Å². The van der Waals surface area contributed by atoms with Crippen LogP contribution in [0.1, 0.15) is 16.7 Å². The highest BCUT2D eigenvalue weighted by Crippen LogP contribution is 2.21. The van der Waals surface area contributed by atoms with E-state index in [2.05, 4.69) is 0 Å². The van der Waals surface area contributed by atoms with Gasteiger partial charge in [-0.3, -0.25) is 0 Å². The molecule has 122 valence electrons. The molecule has 0 unspecified atom stereocenters. The lowest BCUT2D eigenvalue weighted by molar-refractivity contribution is -0.130. The highest BCUT2D eigenvalue weighted by molar-refractivity contribution is 6.16. The van der Waals surface area contributed by atoms with Crippen LogP contribution in [0.4, 0.5) is 4.39 Å². The minimum Gasteiger partial charge on any atom is -0.503 e. The molecule has 1 N–H and O–H groups in total. The molecular weight excluding hydrogens is 307 g/mol. The molecule has 3 nitrogen and oxygen atoms in total. The van der Waals surface area contributed by atoms with Crippen LogP contribution in [0.2, 0.25) is 0 Å². The Bertz CT molecular complexity index is 804. The molecule has 0 aliphatic carbocycles. The predicted molar refractivity (Wildman–Crippen MR) is 93.5 cm³/mol. The second-order valence-corrected chi connectivity index (χ2v) is 4.93. The first-order chi connectivity index (χ1) is 11.6. The quantitative estimate of drug-likeness (QED) is 0.479. The van der Waals surface area contributed by atoms with Crippen molar-refractivity contribution in [1.82, 2.24) is 0 Å². The zero-order valence-electron chi connectivity index (χ0n) is 13.1. The Morgan fingerprint density at radius 2 is 1.83 bits per heavy atom. The fraction of sp³-hybridized carbons (Fsp3) is 0.0500. The van der Waals surface area contributed by atoms with Crippen LogP contribution < -0.4 is 0 Å². The van der Waals surface area contributed by atoms with Gasteiger partial charge in [-0.1, -0.05) is 60.7 Å². The van der Waals surface area contributed by atoms with Gasteiger partial charge in [0, 0.05) is 0 Å². The Hall–Kier alpha value is -3.14. The van der Waals surface area contributed by atoms with E-state index in [0.29, 0.717) is 5.56 Å². The Kier molecular flexibility index (Phi) is 6.08. The zero-order chi connectivity index (χ0) is 17.4. The molecule has 0 saturated carbocycles. The Balaban J connectivity index is 2.24. The predicted octanol–water partition coefficient (Wildman–Crippen LogP) is 4.62. The topological polar surface area (TPSA) is 46.5 Å². The molecule has 0 aromatic heterocycles. The number of halogens is 1. The van der Waals surface area contributed by atoms with Crippen LogP contribution in [0.25, 0.3) is 17.7 Å². The van der Waals surface area contributed by atoms with Gasteiger partial charge in [-0.2, -0.15) is 0 Å². The first-order valence-corrected chi connectivity index (χ1v) is 7.28. The second kappa shape index (κ2) is 8.48. The van der Waals surface area contributed by atoms with E-state index in [0.717, 1.165) is 11.1 Å². The second-order valence-electron chi connectivity index (χ2n) is 4.93. The van der Waals surface area contributed by atoms with E-state index in [9.17, 15) is 14.3 Å². The van der Waals surface area contributed by atoms with Gasteiger partial charge in [-0.25, -0.2) is 9.18 Å². The third-order valence-electron chi connectivity index (χ3n) is 3.24. The number of benzene rings is 2. The number of carbonyl (C=O) groups is 1. The van der Waals surface area contributed by atoms with Crippen molar-refractivity contribution < 1.29 is 19.0 Å². The fourth-order valence-corrected chi connectivity index (χ4v) is 2.17. The number of methoxy groups -OCH3 is 1. The van der Waals surface area contributed by atoms with E-state index in [1.807, 2.05) is 12.1 Å². The van der Waals surface area contributed by atoms with E-state index in [1.54, 1.807) is 48.6 Å². The normalized spacial score (nSPS) is 12.0. The van der Waals surface area contributed by atoms with Gasteiger partial charge >= 0.3 is 5.97 Å². The summed E-state index contributed by atoms with van der Waals surface area (Å²) in [6, 6.07) is 13.4. The molecule has 0 saturated heterocycles. The molecule has 24 heavy (non-hydrogen) atoms. The van der Waals surface area contributed by atoms with E-state index >= 15 is 0 Å². The van der Waals surface area contributed by atoms with Gasteiger partial charge in [0.25, 0.3) is 0 Å². The van der Waals surface area contributed by atoms with Crippen molar-refractivity contribution in [3.63, 3.8) is 0 Å². The maximum Gasteiger partial charge on any atom is 0.339 e. The lowest BCUT2D eigenvalue weighted by Gasteiger charge is -2.06. The lowest BCUT2D eigenvalue weighted by Crippen LogP contribution is -2.02. The summed E-state index contributed by atoms with van der Waals surface area (Å²) in [5.41, 5.74) is 2.12. The number of aliphatic carboxylic acids is 1. The maximum atomic E-state index is 13.1. The van der Waals surface area contributed by atoms with Crippen molar-refractivity contribution in [2.45, 2.75) is 0 Å². The SMILES string of the molecule is CO/C=C(/C(=O)O)c1ccccc1C=C/C=C/c1cccc(F)c1. The number of rotatable bonds is 6. The van der Waals surface area contributed by atoms with Crippen LogP contribution in [0.5, 0.6) is 0 Å². The summed E-state index contributed by atoms with van der Waals surface area (Å²) in [6.45, 7) is 0. The van der Waals surface area contributed by atoms with E-state index in [1.165, 1.54) is 25.5 Å². The maximum absolute atomic E-state index is 13.1. The standard InChI is InChI=1S/C20H17FO3/c1-24-14-19(20(22)23)18-12-5-4-10-16(18)9-3-2-7-15-8-6-11-17(21)13-15/h2-14H,1H3,(H,22,23)/b7-2+,9-3?,19-14+. The highest BCUT2D eigenvalue weighted by atomic mass is 19.1. The summed E-state index contributed by atoms with van der Waals surface area (Å²) < 4.78 is 18.0. The van der Waals surface area contributed by atoms with Crippen molar-refractivity contribution in [3.8, 4) is 0 Å². The number of ether oxygens (including phenoxy) is 1. The smallest absolute Gasteiger partial charge is 0.339 e. The molecule has 4 heteroatoms. The number of carboxylic acid groups (broad SMARTS) is 1. The zero-order valence-corrected chi connectivity index (χ0v) is 13.1. The van der Waals surface area contributed by atoms with Crippen LogP contribution in [0.15, 0.2) is 66.9 Å². The molecule has 0 heterocycles. The van der Waals surface area contributed by atoms with Crippen molar-refractivity contribution in [3.05, 3.63) is 89.5 Å². The van der Waals surface area contributed by atoms with E-state index < -0.39 is 5.97 Å². The molecule has 0 amide bonds. The minimum absolute atomic E-state index is 0.0758. The summed E-state index contributed by atoms with van der Waals surface area (Å²) in [5.74, 6) is -1.35. The minimum atomic E-state index is -1.06. The Labute approximate surface area is 140 Å². The fourth-order valence-electron chi connectivity index (χ4n) is 2.17.